The molecule has 5 heteroatoms. The van der Waals surface area contributed by atoms with Crippen LogP contribution in [0.3, 0.4) is 0 Å². The highest BCUT2D eigenvalue weighted by Crippen LogP contribution is 2.20. The van der Waals surface area contributed by atoms with Gasteiger partial charge in [-0.3, -0.25) is 4.79 Å². The van der Waals surface area contributed by atoms with Gasteiger partial charge in [-0.25, -0.2) is 9.97 Å². The molecule has 24 heavy (non-hydrogen) atoms. The lowest BCUT2D eigenvalue weighted by Gasteiger charge is -2.21. The predicted molar refractivity (Wildman–Crippen MR) is 96.6 cm³/mol. The normalized spacial score (nSPS) is 15.0. The molecule has 0 aliphatic carbocycles. The van der Waals surface area contributed by atoms with E-state index in [1.54, 1.807) is 6.07 Å². The van der Waals surface area contributed by atoms with Crippen LogP contribution in [-0.2, 0) is 0 Å². The molecule has 0 bridgehead atoms. The molecule has 1 aliphatic rings. The Bertz CT molecular complexity index is 721. The molecule has 1 fully saturated rings. The van der Waals surface area contributed by atoms with Gasteiger partial charge in [-0.15, -0.1) is 0 Å². The molecule has 0 atom stereocenters. The Morgan fingerprint density at radius 3 is 2.54 bits per heavy atom. The van der Waals surface area contributed by atoms with Gasteiger partial charge in [0.2, 0.25) is 0 Å². The molecule has 1 aromatic heterocycles. The number of carbonyl (C=O) groups excluding carboxylic acids is 1. The first kappa shape index (κ1) is 16.4. The van der Waals surface area contributed by atoms with Crippen LogP contribution in [-0.4, -0.2) is 29.0 Å². The third kappa shape index (κ3) is 3.91. The molecule has 0 spiro atoms. The molecule has 1 amide bonds. The summed E-state index contributed by atoms with van der Waals surface area (Å²) in [6.45, 7) is 5.99. The Hall–Kier alpha value is -2.43. The maximum atomic E-state index is 12.6. The minimum Gasteiger partial charge on any atom is -0.357 e. The number of carbonyl (C=O) groups is 1. The summed E-state index contributed by atoms with van der Waals surface area (Å²) in [5, 5.41) is 2.96. The summed E-state index contributed by atoms with van der Waals surface area (Å²) in [4.78, 5) is 23.3. The number of rotatable bonds is 3. The molecule has 1 aliphatic heterocycles. The van der Waals surface area contributed by atoms with Crippen LogP contribution < -0.4 is 10.2 Å². The summed E-state index contributed by atoms with van der Waals surface area (Å²) in [6, 6.07) is 7.82. The highest BCUT2D eigenvalue weighted by molar-refractivity contribution is 6.03. The number of aromatic nitrogens is 2. The summed E-state index contributed by atoms with van der Waals surface area (Å²) in [6.07, 6.45) is 6.36. The van der Waals surface area contributed by atoms with E-state index in [9.17, 15) is 4.79 Å². The first-order chi connectivity index (χ1) is 11.6. The summed E-state index contributed by atoms with van der Waals surface area (Å²) in [5.74, 6) is 0.653. The SMILES string of the molecule is Cc1ccc(C)c(NC(=O)c2cc(N3CCCCCC3)ncn2)c1. The number of nitrogens with one attached hydrogen (secondary N) is 1. The lowest BCUT2D eigenvalue weighted by Crippen LogP contribution is -2.25. The number of hydrogen-bond donors (Lipinski definition) is 1. The fraction of sp³-hybridized carbons (Fsp3) is 0.421. The molecule has 126 valence electrons. The van der Waals surface area contributed by atoms with Crippen molar-refractivity contribution in [3.8, 4) is 0 Å². The predicted octanol–water partition coefficient (Wildman–Crippen LogP) is 3.73. The first-order valence-corrected chi connectivity index (χ1v) is 8.59. The molecular formula is C19H24N4O. The molecule has 2 heterocycles. The molecular weight excluding hydrogens is 300 g/mol. The highest BCUT2D eigenvalue weighted by Gasteiger charge is 2.15. The first-order valence-electron chi connectivity index (χ1n) is 8.59. The lowest BCUT2D eigenvalue weighted by molar-refractivity contribution is 0.102. The number of aryl methyl sites for hydroxylation is 2. The van der Waals surface area contributed by atoms with Crippen LogP contribution in [0.5, 0.6) is 0 Å². The van der Waals surface area contributed by atoms with E-state index >= 15 is 0 Å². The molecule has 0 radical (unpaired) electrons. The van der Waals surface area contributed by atoms with Crippen molar-refractivity contribution in [3.05, 3.63) is 47.4 Å². The molecule has 5 nitrogen and oxygen atoms in total. The van der Waals surface area contributed by atoms with E-state index in [2.05, 4.69) is 20.2 Å². The smallest absolute Gasteiger partial charge is 0.274 e. The van der Waals surface area contributed by atoms with E-state index in [1.165, 1.54) is 32.0 Å². The van der Waals surface area contributed by atoms with Crippen molar-refractivity contribution in [1.82, 2.24) is 9.97 Å². The zero-order chi connectivity index (χ0) is 16.9. The average molecular weight is 324 g/mol. The second kappa shape index (κ2) is 7.43. The van der Waals surface area contributed by atoms with Gasteiger partial charge < -0.3 is 10.2 Å². The van der Waals surface area contributed by atoms with Crippen LogP contribution in [0, 0.1) is 13.8 Å². The van der Waals surface area contributed by atoms with Crippen molar-refractivity contribution in [2.24, 2.45) is 0 Å². The fourth-order valence-corrected chi connectivity index (χ4v) is 3.00. The highest BCUT2D eigenvalue weighted by atomic mass is 16.1. The number of amides is 1. The largest absolute Gasteiger partial charge is 0.357 e. The van der Waals surface area contributed by atoms with Crippen LogP contribution in [0.2, 0.25) is 0 Å². The number of anilines is 2. The summed E-state index contributed by atoms with van der Waals surface area (Å²) < 4.78 is 0. The topological polar surface area (TPSA) is 58.1 Å². The maximum absolute atomic E-state index is 12.6. The van der Waals surface area contributed by atoms with Crippen LogP contribution in [0.15, 0.2) is 30.6 Å². The molecule has 2 aromatic rings. The number of nitrogens with zero attached hydrogens (tertiary/aromatic N) is 3. The lowest BCUT2D eigenvalue weighted by atomic mass is 10.1. The molecule has 1 aromatic carbocycles. The Morgan fingerprint density at radius 2 is 1.79 bits per heavy atom. The fourth-order valence-electron chi connectivity index (χ4n) is 3.00. The van der Waals surface area contributed by atoms with Crippen molar-refractivity contribution < 1.29 is 4.79 Å². The van der Waals surface area contributed by atoms with E-state index in [0.717, 1.165) is 35.7 Å². The Morgan fingerprint density at radius 1 is 1.04 bits per heavy atom. The van der Waals surface area contributed by atoms with E-state index < -0.39 is 0 Å². The average Bonchev–Trinajstić information content (AvgIpc) is 2.87. The Balaban J connectivity index is 1.77. The number of benzene rings is 1. The number of hydrogen-bond acceptors (Lipinski definition) is 4. The van der Waals surface area contributed by atoms with E-state index in [0.29, 0.717) is 5.69 Å². The monoisotopic (exact) mass is 324 g/mol. The second-order valence-corrected chi connectivity index (χ2v) is 6.44. The third-order valence-corrected chi connectivity index (χ3v) is 4.46. The summed E-state index contributed by atoms with van der Waals surface area (Å²) >= 11 is 0. The van der Waals surface area contributed by atoms with Gasteiger partial charge in [0, 0.05) is 24.8 Å². The van der Waals surface area contributed by atoms with Crippen molar-refractivity contribution in [1.29, 1.82) is 0 Å². The zero-order valence-corrected chi connectivity index (χ0v) is 14.4. The second-order valence-electron chi connectivity index (χ2n) is 6.44. The third-order valence-electron chi connectivity index (χ3n) is 4.46. The van der Waals surface area contributed by atoms with Crippen LogP contribution >= 0.6 is 0 Å². The summed E-state index contributed by atoms with van der Waals surface area (Å²) in [7, 11) is 0. The minimum atomic E-state index is -0.192. The van der Waals surface area contributed by atoms with Gasteiger partial charge in [0.05, 0.1) is 0 Å². The van der Waals surface area contributed by atoms with Crippen LogP contribution in [0.4, 0.5) is 11.5 Å². The molecule has 1 saturated heterocycles. The maximum Gasteiger partial charge on any atom is 0.274 e. The molecule has 1 N–H and O–H groups in total. The van der Waals surface area contributed by atoms with Gasteiger partial charge in [0.1, 0.15) is 17.8 Å². The van der Waals surface area contributed by atoms with Crippen molar-refractivity contribution in [2.75, 3.05) is 23.3 Å². The van der Waals surface area contributed by atoms with Crippen LogP contribution in [0.1, 0.15) is 47.3 Å². The van der Waals surface area contributed by atoms with E-state index in [4.69, 9.17) is 0 Å². The summed E-state index contributed by atoms with van der Waals surface area (Å²) in [5.41, 5.74) is 3.39. The molecule has 0 saturated carbocycles. The Kier molecular flexibility index (Phi) is 5.08. The zero-order valence-electron chi connectivity index (χ0n) is 14.4. The van der Waals surface area contributed by atoms with Gasteiger partial charge in [-0.1, -0.05) is 25.0 Å². The Labute approximate surface area is 143 Å². The van der Waals surface area contributed by atoms with Crippen molar-refractivity contribution >= 4 is 17.4 Å². The van der Waals surface area contributed by atoms with Crippen LogP contribution in [0.25, 0.3) is 0 Å². The van der Waals surface area contributed by atoms with E-state index in [-0.39, 0.29) is 5.91 Å². The molecule has 3 rings (SSSR count). The molecule has 0 unspecified atom stereocenters. The van der Waals surface area contributed by atoms with Gasteiger partial charge >= 0.3 is 0 Å². The van der Waals surface area contributed by atoms with Gasteiger partial charge in [-0.05, 0) is 43.9 Å². The quantitative estimate of drug-likeness (QED) is 0.934. The van der Waals surface area contributed by atoms with Gasteiger partial charge in [0.15, 0.2) is 0 Å². The van der Waals surface area contributed by atoms with Gasteiger partial charge in [-0.2, -0.15) is 0 Å². The minimum absolute atomic E-state index is 0.192. The van der Waals surface area contributed by atoms with E-state index in [1.807, 2.05) is 32.0 Å². The van der Waals surface area contributed by atoms with Gasteiger partial charge in [0.25, 0.3) is 5.91 Å². The van der Waals surface area contributed by atoms with Crippen molar-refractivity contribution in [2.45, 2.75) is 39.5 Å². The van der Waals surface area contributed by atoms with Crippen molar-refractivity contribution in [3.63, 3.8) is 0 Å². The standard InChI is InChI=1S/C19H24N4O/c1-14-7-8-15(2)16(11-14)22-19(24)17-12-18(21-13-20-17)23-9-5-3-4-6-10-23/h7-8,11-13H,3-6,9-10H2,1-2H3,(H,22,24).